The zero-order valence-electron chi connectivity index (χ0n) is 13.5. The van der Waals surface area contributed by atoms with Crippen molar-refractivity contribution < 1.29 is 4.65 Å². The Balaban J connectivity index is 1.82. The van der Waals surface area contributed by atoms with Gasteiger partial charge in [-0.25, -0.2) is 4.99 Å². The number of quaternary nitrogens is 1. The molecule has 25 heavy (non-hydrogen) atoms. The van der Waals surface area contributed by atoms with Crippen LogP contribution in [0, 0.1) is 5.21 Å². The molecule has 5 rings (SSSR count). The molecule has 0 aromatic heterocycles. The first-order valence-corrected chi connectivity index (χ1v) is 8.77. The molecule has 0 N–H and O–H groups in total. The third-order valence-electron chi connectivity index (χ3n) is 5.47. The summed E-state index contributed by atoms with van der Waals surface area (Å²) in [5.41, 5.74) is 1.97. The van der Waals surface area contributed by atoms with Gasteiger partial charge in [-0.05, 0) is 24.1 Å². The van der Waals surface area contributed by atoms with E-state index >= 15 is 0 Å². The Labute approximate surface area is 151 Å². The first-order valence-electron chi connectivity index (χ1n) is 8.40. The Bertz CT molecular complexity index is 941. The maximum atomic E-state index is 13.9. The number of hydrogen-bond acceptors (Lipinski definition) is 3. The van der Waals surface area contributed by atoms with Gasteiger partial charge in [0.2, 0.25) is 5.84 Å². The Morgan fingerprint density at radius 1 is 1.20 bits per heavy atom. The normalized spacial score (nSPS) is 35.0. The molecule has 3 unspecified atom stereocenters. The van der Waals surface area contributed by atoms with Gasteiger partial charge >= 0.3 is 0 Å². The van der Waals surface area contributed by atoms with Crippen molar-refractivity contribution >= 4 is 23.8 Å². The van der Waals surface area contributed by atoms with Crippen LogP contribution in [0.25, 0.3) is 0 Å². The van der Waals surface area contributed by atoms with Gasteiger partial charge in [0.25, 0.3) is 0 Å². The second-order valence-corrected chi connectivity index (χ2v) is 7.14. The highest BCUT2D eigenvalue weighted by Crippen LogP contribution is 2.50. The molecular weight excluding hydrogens is 334 g/mol. The molecule has 0 radical (unpaired) electrons. The Morgan fingerprint density at radius 2 is 2.04 bits per heavy atom. The van der Waals surface area contributed by atoms with Gasteiger partial charge in [-0.1, -0.05) is 60.2 Å². The predicted molar refractivity (Wildman–Crippen MR) is 99.9 cm³/mol. The van der Waals surface area contributed by atoms with E-state index in [0.717, 1.165) is 11.3 Å². The topological polar surface area (TPSA) is 47.8 Å². The number of halogens is 1. The predicted octanol–water partition coefficient (Wildman–Crippen LogP) is 4.32. The van der Waals surface area contributed by atoms with E-state index in [0.29, 0.717) is 29.4 Å². The molecule has 4 aliphatic rings. The summed E-state index contributed by atoms with van der Waals surface area (Å²) in [7, 11) is 0. The largest absolute Gasteiger partial charge is 0.620 e. The minimum Gasteiger partial charge on any atom is -0.620 e. The van der Waals surface area contributed by atoms with E-state index in [4.69, 9.17) is 16.6 Å². The highest BCUT2D eigenvalue weighted by Gasteiger charge is 2.58. The number of aliphatic imine (C=N–C) groups is 2. The maximum absolute atomic E-state index is 13.9. The Hall–Kier alpha value is -2.27. The summed E-state index contributed by atoms with van der Waals surface area (Å²) in [6.07, 6.45) is 12.6. The molecular formula is C20H16ClN3O. The summed E-state index contributed by atoms with van der Waals surface area (Å²) in [5, 5.41) is 14.5. The number of hydroxylamine groups is 3. The molecule has 1 aromatic rings. The standard InChI is InChI=1S/C20H16ClN3O/c21-15-9-6-10-16-18(15)23-19-20(14-7-2-1-3-8-14)12-5-4-11-17(20)22-13-24(16,19)25/h1-9,11,13,16H,10,12H2. The van der Waals surface area contributed by atoms with Crippen molar-refractivity contribution in [1.29, 1.82) is 0 Å². The van der Waals surface area contributed by atoms with Gasteiger partial charge in [0.1, 0.15) is 17.2 Å². The summed E-state index contributed by atoms with van der Waals surface area (Å²) in [6, 6.07) is 9.73. The SMILES string of the molecule is [O-][N+]12C=NC3=CC=CCC3(c3ccccc3)C1=NC1=C(Cl)C=CCC12. The van der Waals surface area contributed by atoms with Crippen molar-refractivity contribution in [3.63, 3.8) is 0 Å². The van der Waals surface area contributed by atoms with Crippen LogP contribution in [0.5, 0.6) is 0 Å². The van der Waals surface area contributed by atoms with Gasteiger partial charge in [-0.2, -0.15) is 4.99 Å². The van der Waals surface area contributed by atoms with Gasteiger partial charge in [0, 0.05) is 6.42 Å². The van der Waals surface area contributed by atoms with E-state index in [1.54, 1.807) is 0 Å². The van der Waals surface area contributed by atoms with Crippen LogP contribution in [0.3, 0.4) is 0 Å². The van der Waals surface area contributed by atoms with Crippen molar-refractivity contribution in [2.45, 2.75) is 24.3 Å². The quantitative estimate of drug-likeness (QED) is 0.550. The molecule has 0 saturated carbocycles. The number of nitrogens with zero attached hydrogens (tertiary/aromatic N) is 3. The average molecular weight is 350 g/mol. The smallest absolute Gasteiger partial charge is 0.227 e. The van der Waals surface area contributed by atoms with Crippen LogP contribution in [0.1, 0.15) is 18.4 Å². The minimum atomic E-state index is -0.643. The van der Waals surface area contributed by atoms with Gasteiger partial charge < -0.3 is 5.21 Å². The lowest BCUT2D eigenvalue weighted by Gasteiger charge is -2.49. The summed E-state index contributed by atoms with van der Waals surface area (Å²) >= 11 is 6.37. The monoisotopic (exact) mass is 349 g/mol. The van der Waals surface area contributed by atoms with Gasteiger partial charge in [0.05, 0.1) is 10.7 Å². The molecule has 3 atom stereocenters. The summed E-state index contributed by atoms with van der Waals surface area (Å²) < 4.78 is -0.643. The van der Waals surface area contributed by atoms with Crippen molar-refractivity contribution in [3.05, 3.63) is 87.9 Å². The molecule has 2 aliphatic carbocycles. The highest BCUT2D eigenvalue weighted by molar-refractivity contribution is 6.32. The van der Waals surface area contributed by atoms with Gasteiger partial charge in [-0.15, -0.1) is 0 Å². The van der Waals surface area contributed by atoms with E-state index in [1.807, 2.05) is 42.5 Å². The van der Waals surface area contributed by atoms with E-state index < -0.39 is 10.1 Å². The first kappa shape index (κ1) is 15.0. The van der Waals surface area contributed by atoms with Crippen molar-refractivity contribution in [2.75, 3.05) is 0 Å². The number of fused-ring (bicyclic) bond motifs is 5. The fourth-order valence-corrected chi connectivity index (χ4v) is 4.52. The zero-order chi connectivity index (χ0) is 17.1. The second kappa shape index (κ2) is 5.11. The summed E-state index contributed by atoms with van der Waals surface area (Å²) in [5.74, 6) is 0.575. The number of amidine groups is 1. The molecule has 0 saturated heterocycles. The first-order chi connectivity index (χ1) is 12.2. The highest BCUT2D eigenvalue weighted by atomic mass is 35.5. The molecule has 0 amide bonds. The van der Waals surface area contributed by atoms with Crippen LogP contribution in [-0.2, 0) is 5.41 Å². The fourth-order valence-electron chi connectivity index (χ4n) is 4.27. The lowest BCUT2D eigenvalue weighted by Crippen LogP contribution is -2.61. The Kier molecular flexibility index (Phi) is 3.07. The van der Waals surface area contributed by atoms with Gasteiger partial charge in [-0.3, -0.25) is 4.65 Å². The number of hydrogen-bond donors (Lipinski definition) is 0. The van der Waals surface area contributed by atoms with Crippen molar-refractivity contribution in [3.8, 4) is 0 Å². The van der Waals surface area contributed by atoms with Crippen LogP contribution >= 0.6 is 11.6 Å². The molecule has 4 nitrogen and oxygen atoms in total. The Morgan fingerprint density at radius 3 is 2.88 bits per heavy atom. The number of allylic oxidation sites excluding steroid dienone is 5. The van der Waals surface area contributed by atoms with Crippen LogP contribution < -0.4 is 0 Å². The zero-order valence-corrected chi connectivity index (χ0v) is 14.2. The van der Waals surface area contributed by atoms with Crippen LogP contribution in [-0.4, -0.2) is 22.9 Å². The van der Waals surface area contributed by atoms with Gasteiger partial charge in [0.15, 0.2) is 6.34 Å². The molecule has 1 aromatic carbocycles. The second-order valence-electron chi connectivity index (χ2n) is 6.73. The number of benzene rings is 1. The van der Waals surface area contributed by atoms with Crippen LogP contribution in [0.15, 0.2) is 87.1 Å². The molecule has 2 aliphatic heterocycles. The summed E-state index contributed by atoms with van der Waals surface area (Å²) in [4.78, 5) is 9.43. The fraction of sp³-hybridized carbons (Fsp3) is 0.200. The maximum Gasteiger partial charge on any atom is 0.227 e. The molecule has 5 heteroatoms. The number of rotatable bonds is 1. The average Bonchev–Trinajstić information content (AvgIpc) is 2.97. The molecule has 0 spiro atoms. The third-order valence-corrected chi connectivity index (χ3v) is 5.79. The van der Waals surface area contributed by atoms with E-state index in [1.165, 1.54) is 6.34 Å². The van der Waals surface area contributed by atoms with Crippen molar-refractivity contribution in [1.82, 2.24) is 0 Å². The molecule has 0 bridgehead atoms. The van der Waals surface area contributed by atoms with Crippen LogP contribution in [0.2, 0.25) is 0 Å². The van der Waals surface area contributed by atoms with E-state index in [2.05, 4.69) is 23.2 Å². The lowest BCUT2D eigenvalue weighted by atomic mass is 9.70. The minimum absolute atomic E-state index is 0.343. The van der Waals surface area contributed by atoms with E-state index in [9.17, 15) is 5.21 Å². The third kappa shape index (κ3) is 1.84. The molecule has 0 fully saturated rings. The van der Waals surface area contributed by atoms with E-state index in [-0.39, 0.29) is 6.04 Å². The lowest BCUT2D eigenvalue weighted by molar-refractivity contribution is -0.706. The van der Waals surface area contributed by atoms with Crippen molar-refractivity contribution in [2.24, 2.45) is 9.98 Å². The molecule has 124 valence electrons. The molecule has 2 heterocycles. The summed E-state index contributed by atoms with van der Waals surface area (Å²) in [6.45, 7) is 0. The van der Waals surface area contributed by atoms with Crippen LogP contribution in [0.4, 0.5) is 0 Å².